The SMILES string of the molecule is c1ccc(-c2cc(-c3ccc4c(c3)C3(c5ccccc5-c5ccccc53)c3ccccc3-4)nc(-c3cc(-n4c5ccccc5c5cc6ccccc6cc54)c4ccccc4c3)n2)cc1. The molecule has 0 radical (unpaired) electrons. The van der Waals surface area contributed by atoms with E-state index in [1.54, 1.807) is 0 Å². The van der Waals surface area contributed by atoms with Crippen LogP contribution >= 0.6 is 0 Å². The van der Waals surface area contributed by atoms with Gasteiger partial charge in [-0.25, -0.2) is 9.97 Å². The van der Waals surface area contributed by atoms with E-state index in [1.807, 2.05) is 0 Å². The van der Waals surface area contributed by atoms with Gasteiger partial charge in [-0.1, -0.05) is 182 Å². The Labute approximate surface area is 370 Å². The lowest BCUT2D eigenvalue weighted by Crippen LogP contribution is -2.25. The Hall–Kier alpha value is -8.40. The lowest BCUT2D eigenvalue weighted by atomic mass is 9.70. The normalized spacial score (nSPS) is 13.1. The minimum absolute atomic E-state index is 0.450. The summed E-state index contributed by atoms with van der Waals surface area (Å²) < 4.78 is 2.44. The Kier molecular flexibility index (Phi) is 7.32. The Morgan fingerprint density at radius 1 is 0.312 bits per heavy atom. The smallest absolute Gasteiger partial charge is 0.160 e. The van der Waals surface area contributed by atoms with Crippen molar-refractivity contribution in [3.8, 4) is 61.8 Å². The molecule has 64 heavy (non-hydrogen) atoms. The van der Waals surface area contributed by atoms with E-state index in [9.17, 15) is 0 Å². The van der Waals surface area contributed by atoms with Crippen molar-refractivity contribution < 1.29 is 0 Å². The number of fused-ring (bicyclic) bond motifs is 15. The van der Waals surface area contributed by atoms with Crippen LogP contribution in [0.1, 0.15) is 22.3 Å². The number of nitrogens with zero attached hydrogens (tertiary/aromatic N) is 3. The molecule has 0 unspecified atom stereocenters. The maximum atomic E-state index is 5.55. The van der Waals surface area contributed by atoms with Crippen LogP contribution in [0.15, 0.2) is 224 Å². The van der Waals surface area contributed by atoms with Gasteiger partial charge in [-0.15, -0.1) is 0 Å². The zero-order chi connectivity index (χ0) is 41.9. The second-order valence-corrected chi connectivity index (χ2v) is 17.3. The number of para-hydroxylation sites is 1. The topological polar surface area (TPSA) is 30.7 Å². The van der Waals surface area contributed by atoms with Gasteiger partial charge in [0.25, 0.3) is 0 Å². The molecule has 2 aliphatic rings. The Balaban J connectivity index is 1.02. The first-order valence-electron chi connectivity index (χ1n) is 22.1. The largest absolute Gasteiger partial charge is 0.309 e. The number of rotatable bonds is 4. The molecule has 12 aromatic rings. The summed E-state index contributed by atoms with van der Waals surface area (Å²) in [6.07, 6.45) is 0. The van der Waals surface area contributed by atoms with Gasteiger partial charge in [0.2, 0.25) is 0 Å². The van der Waals surface area contributed by atoms with Crippen molar-refractivity contribution in [1.29, 1.82) is 0 Å². The van der Waals surface area contributed by atoms with Crippen LogP contribution in [0.25, 0.3) is 105 Å². The molecule has 14 rings (SSSR count). The summed E-state index contributed by atoms with van der Waals surface area (Å²) in [4.78, 5) is 11.0. The molecule has 3 nitrogen and oxygen atoms in total. The highest BCUT2D eigenvalue weighted by Crippen LogP contribution is 2.63. The molecule has 0 atom stereocenters. The first-order valence-corrected chi connectivity index (χ1v) is 22.1. The zero-order valence-electron chi connectivity index (χ0n) is 34.7. The third-order valence-electron chi connectivity index (χ3n) is 14.0. The van der Waals surface area contributed by atoms with Gasteiger partial charge in [0, 0.05) is 32.8 Å². The minimum atomic E-state index is -0.450. The number of hydrogen-bond donors (Lipinski definition) is 0. The minimum Gasteiger partial charge on any atom is -0.309 e. The highest BCUT2D eigenvalue weighted by atomic mass is 15.0. The van der Waals surface area contributed by atoms with Crippen LogP contribution in [0.4, 0.5) is 0 Å². The van der Waals surface area contributed by atoms with E-state index in [-0.39, 0.29) is 0 Å². The number of hydrogen-bond acceptors (Lipinski definition) is 2. The number of aromatic nitrogens is 3. The van der Waals surface area contributed by atoms with Crippen LogP contribution in [-0.2, 0) is 5.41 Å². The summed E-state index contributed by atoms with van der Waals surface area (Å²) in [6, 6.07) is 82.0. The maximum Gasteiger partial charge on any atom is 0.160 e. The van der Waals surface area contributed by atoms with E-state index < -0.39 is 5.41 Å². The molecular formula is C61H37N3. The van der Waals surface area contributed by atoms with Gasteiger partial charge in [-0.3, -0.25) is 0 Å². The third kappa shape index (κ3) is 4.86. The Morgan fingerprint density at radius 3 is 1.56 bits per heavy atom. The van der Waals surface area contributed by atoms with Crippen molar-refractivity contribution >= 4 is 43.4 Å². The first kappa shape index (κ1) is 35.2. The quantitative estimate of drug-likeness (QED) is 0.177. The van der Waals surface area contributed by atoms with Gasteiger partial charge >= 0.3 is 0 Å². The molecule has 0 saturated carbocycles. The summed E-state index contributed by atoms with van der Waals surface area (Å²) in [5, 5.41) is 7.21. The highest BCUT2D eigenvalue weighted by Gasteiger charge is 2.51. The van der Waals surface area contributed by atoms with Crippen LogP contribution < -0.4 is 0 Å². The average molecular weight is 812 g/mol. The molecule has 10 aromatic carbocycles. The molecule has 2 aliphatic carbocycles. The lowest BCUT2D eigenvalue weighted by molar-refractivity contribution is 0.794. The van der Waals surface area contributed by atoms with Gasteiger partial charge in [0.1, 0.15) is 0 Å². The van der Waals surface area contributed by atoms with Crippen molar-refractivity contribution in [2.75, 3.05) is 0 Å². The van der Waals surface area contributed by atoms with Crippen LogP contribution in [0.5, 0.6) is 0 Å². The van der Waals surface area contributed by atoms with Crippen molar-refractivity contribution in [1.82, 2.24) is 14.5 Å². The van der Waals surface area contributed by atoms with Gasteiger partial charge in [0.05, 0.1) is 33.5 Å². The Morgan fingerprint density at radius 2 is 0.859 bits per heavy atom. The fraction of sp³-hybridized carbons (Fsp3) is 0.0164. The summed E-state index contributed by atoms with van der Waals surface area (Å²) >= 11 is 0. The average Bonchev–Trinajstić information content (AvgIpc) is 3.96. The molecule has 0 amide bonds. The molecule has 3 heteroatoms. The van der Waals surface area contributed by atoms with E-state index in [0.717, 1.165) is 44.7 Å². The predicted octanol–water partition coefficient (Wildman–Crippen LogP) is 15.2. The maximum absolute atomic E-state index is 5.55. The fourth-order valence-corrected chi connectivity index (χ4v) is 11.3. The van der Waals surface area contributed by atoms with E-state index in [1.165, 1.54) is 77.0 Å². The van der Waals surface area contributed by atoms with E-state index in [0.29, 0.717) is 5.82 Å². The van der Waals surface area contributed by atoms with Gasteiger partial charge < -0.3 is 4.57 Å². The molecule has 0 N–H and O–H groups in total. The van der Waals surface area contributed by atoms with E-state index in [4.69, 9.17) is 9.97 Å². The van der Waals surface area contributed by atoms with Crippen LogP contribution in [-0.4, -0.2) is 14.5 Å². The predicted molar refractivity (Wildman–Crippen MR) is 264 cm³/mol. The van der Waals surface area contributed by atoms with Crippen molar-refractivity contribution in [2.45, 2.75) is 5.41 Å². The second-order valence-electron chi connectivity index (χ2n) is 17.3. The van der Waals surface area contributed by atoms with Gasteiger partial charge in [-0.2, -0.15) is 0 Å². The standard InChI is InChI=1S/C61H37N3/c1-2-16-38(17-3-1)55-37-56(42-30-31-48-47-24-10-14-28-53(47)61(54(48)34-42)51-26-12-8-22-45(51)46-23-9-13-27-52(46)61)63-60(62-55)43-32-41-20-6-7-21-44(41)58(36-43)64-57-29-15-11-25-49(57)50-33-39-18-4-5-19-40(39)35-59(50)64/h1-37H. The van der Waals surface area contributed by atoms with E-state index in [2.05, 4.69) is 229 Å². The van der Waals surface area contributed by atoms with Crippen LogP contribution in [0.2, 0.25) is 0 Å². The molecule has 0 bridgehead atoms. The van der Waals surface area contributed by atoms with Crippen LogP contribution in [0, 0.1) is 0 Å². The van der Waals surface area contributed by atoms with Crippen molar-refractivity contribution in [2.24, 2.45) is 0 Å². The molecular weight excluding hydrogens is 775 g/mol. The fourth-order valence-electron chi connectivity index (χ4n) is 11.3. The van der Waals surface area contributed by atoms with Crippen LogP contribution in [0.3, 0.4) is 0 Å². The molecule has 0 saturated heterocycles. The lowest BCUT2D eigenvalue weighted by Gasteiger charge is -2.30. The summed E-state index contributed by atoms with van der Waals surface area (Å²) in [5.41, 5.74) is 18.2. The summed E-state index contributed by atoms with van der Waals surface area (Å²) in [5.74, 6) is 0.685. The monoisotopic (exact) mass is 811 g/mol. The summed E-state index contributed by atoms with van der Waals surface area (Å²) in [7, 11) is 0. The second kappa shape index (κ2) is 13.3. The molecule has 0 aliphatic heterocycles. The van der Waals surface area contributed by atoms with Crippen molar-refractivity contribution in [3.05, 3.63) is 247 Å². The molecule has 0 fully saturated rings. The molecule has 1 spiro atoms. The first-order chi connectivity index (χ1) is 31.7. The number of benzene rings is 10. The molecule has 2 aromatic heterocycles. The van der Waals surface area contributed by atoms with Crippen molar-refractivity contribution in [3.63, 3.8) is 0 Å². The molecule has 2 heterocycles. The van der Waals surface area contributed by atoms with E-state index >= 15 is 0 Å². The Bertz CT molecular complexity index is 3850. The summed E-state index contributed by atoms with van der Waals surface area (Å²) in [6.45, 7) is 0. The van der Waals surface area contributed by atoms with Gasteiger partial charge in [0.15, 0.2) is 5.82 Å². The van der Waals surface area contributed by atoms with Gasteiger partial charge in [-0.05, 0) is 103 Å². The third-order valence-corrected chi connectivity index (χ3v) is 14.0. The zero-order valence-corrected chi connectivity index (χ0v) is 34.7. The molecule has 296 valence electrons. The highest BCUT2D eigenvalue weighted by molar-refractivity contribution is 6.14.